The normalized spacial score (nSPS) is 10.0. The molecule has 0 fully saturated rings. The maximum absolute atomic E-state index is 12.6. The van der Waals surface area contributed by atoms with Crippen LogP contribution in [0.4, 0.5) is 4.39 Å². The summed E-state index contributed by atoms with van der Waals surface area (Å²) >= 11 is 0. The molecule has 0 radical (unpaired) electrons. The summed E-state index contributed by atoms with van der Waals surface area (Å²) in [4.78, 5) is 0. The molecule has 2 nitrogen and oxygen atoms in total. The van der Waals surface area contributed by atoms with Crippen molar-refractivity contribution in [2.75, 3.05) is 7.05 Å². The Morgan fingerprint density at radius 2 is 2.27 bits per heavy atom. The first-order valence-corrected chi connectivity index (χ1v) is 3.36. The highest BCUT2D eigenvalue weighted by atomic mass is 19.1. The van der Waals surface area contributed by atoms with Crippen LogP contribution in [0.5, 0.6) is 5.75 Å². The molecule has 0 aliphatic rings. The van der Waals surface area contributed by atoms with Gasteiger partial charge in [0.15, 0.2) is 11.6 Å². The largest absolute Gasteiger partial charge is 0.505 e. The van der Waals surface area contributed by atoms with Crippen LogP contribution in [0.2, 0.25) is 0 Å². The molecule has 3 heteroatoms. The molecule has 0 aromatic heterocycles. The number of phenolic OH excluding ortho intramolecular Hbond substituents is 1. The van der Waals surface area contributed by atoms with Crippen molar-refractivity contribution in [1.29, 1.82) is 0 Å². The first-order valence-electron chi connectivity index (χ1n) is 3.36. The van der Waals surface area contributed by atoms with Gasteiger partial charge >= 0.3 is 0 Å². The third kappa shape index (κ3) is 1.68. The molecule has 1 aromatic rings. The van der Waals surface area contributed by atoms with Gasteiger partial charge in [0.05, 0.1) is 0 Å². The van der Waals surface area contributed by atoms with E-state index in [-0.39, 0.29) is 5.75 Å². The maximum Gasteiger partial charge on any atom is 0.165 e. The van der Waals surface area contributed by atoms with Crippen molar-refractivity contribution >= 4 is 0 Å². The van der Waals surface area contributed by atoms with Crippen LogP contribution in [0, 0.1) is 5.82 Å². The predicted octanol–water partition coefficient (Wildman–Crippen LogP) is 1.25. The van der Waals surface area contributed by atoms with Gasteiger partial charge in [0.2, 0.25) is 0 Å². The van der Waals surface area contributed by atoms with Gasteiger partial charge in [-0.05, 0) is 13.1 Å². The van der Waals surface area contributed by atoms with E-state index in [0.717, 1.165) is 0 Å². The second-order valence-electron chi connectivity index (χ2n) is 2.28. The number of rotatable bonds is 2. The highest BCUT2D eigenvalue weighted by Gasteiger charge is 2.03. The van der Waals surface area contributed by atoms with Crippen molar-refractivity contribution in [3.8, 4) is 5.75 Å². The molecular formula is C8H10FNO. The van der Waals surface area contributed by atoms with E-state index < -0.39 is 5.82 Å². The van der Waals surface area contributed by atoms with Crippen LogP contribution in [0.15, 0.2) is 18.2 Å². The Morgan fingerprint density at radius 1 is 1.55 bits per heavy atom. The SMILES string of the molecule is CNCc1cccc(F)c1O. The summed E-state index contributed by atoms with van der Waals surface area (Å²) in [7, 11) is 1.74. The third-order valence-corrected chi connectivity index (χ3v) is 1.44. The van der Waals surface area contributed by atoms with Crippen LogP contribution in [0.25, 0.3) is 0 Å². The number of aromatic hydroxyl groups is 1. The second kappa shape index (κ2) is 3.34. The molecule has 2 N–H and O–H groups in total. The minimum atomic E-state index is -0.572. The van der Waals surface area contributed by atoms with E-state index in [1.165, 1.54) is 6.07 Å². The van der Waals surface area contributed by atoms with Gasteiger partial charge in [0, 0.05) is 12.1 Å². The van der Waals surface area contributed by atoms with Crippen LogP contribution in [-0.4, -0.2) is 12.2 Å². The zero-order chi connectivity index (χ0) is 8.27. The van der Waals surface area contributed by atoms with Crippen molar-refractivity contribution in [2.24, 2.45) is 0 Å². The lowest BCUT2D eigenvalue weighted by molar-refractivity contribution is 0.424. The van der Waals surface area contributed by atoms with E-state index in [0.29, 0.717) is 12.1 Å². The Balaban J connectivity index is 2.96. The van der Waals surface area contributed by atoms with Gasteiger partial charge in [-0.1, -0.05) is 12.1 Å². The first-order chi connectivity index (χ1) is 5.25. The quantitative estimate of drug-likeness (QED) is 0.673. The van der Waals surface area contributed by atoms with Gasteiger partial charge < -0.3 is 10.4 Å². The monoisotopic (exact) mass is 155 g/mol. The molecule has 0 unspecified atom stereocenters. The summed E-state index contributed by atoms with van der Waals surface area (Å²) in [6.07, 6.45) is 0. The van der Waals surface area contributed by atoms with Gasteiger partial charge in [-0.15, -0.1) is 0 Å². The Labute approximate surface area is 64.7 Å². The smallest absolute Gasteiger partial charge is 0.165 e. The van der Waals surface area contributed by atoms with Crippen LogP contribution in [0.3, 0.4) is 0 Å². The number of para-hydroxylation sites is 1. The van der Waals surface area contributed by atoms with Crippen LogP contribution < -0.4 is 5.32 Å². The van der Waals surface area contributed by atoms with Gasteiger partial charge in [-0.25, -0.2) is 4.39 Å². The van der Waals surface area contributed by atoms with Crippen molar-refractivity contribution in [1.82, 2.24) is 5.32 Å². The Bertz CT molecular complexity index is 250. The van der Waals surface area contributed by atoms with E-state index in [1.54, 1.807) is 19.2 Å². The molecule has 0 atom stereocenters. The zero-order valence-corrected chi connectivity index (χ0v) is 6.26. The van der Waals surface area contributed by atoms with E-state index in [4.69, 9.17) is 5.11 Å². The fourth-order valence-corrected chi connectivity index (χ4v) is 0.893. The predicted molar refractivity (Wildman–Crippen MR) is 40.8 cm³/mol. The molecule has 0 heterocycles. The summed E-state index contributed by atoms with van der Waals surface area (Å²) in [6, 6.07) is 4.48. The average Bonchev–Trinajstić information content (AvgIpc) is 1.99. The summed E-state index contributed by atoms with van der Waals surface area (Å²) in [6.45, 7) is 0.476. The summed E-state index contributed by atoms with van der Waals surface area (Å²) in [5, 5.41) is 11.9. The minimum absolute atomic E-state index is 0.262. The van der Waals surface area contributed by atoms with Crippen molar-refractivity contribution in [3.05, 3.63) is 29.6 Å². The number of nitrogens with one attached hydrogen (secondary N) is 1. The number of benzene rings is 1. The number of halogens is 1. The van der Waals surface area contributed by atoms with E-state index in [2.05, 4.69) is 5.32 Å². The second-order valence-corrected chi connectivity index (χ2v) is 2.28. The maximum atomic E-state index is 12.6. The van der Waals surface area contributed by atoms with Crippen LogP contribution in [-0.2, 0) is 6.54 Å². The molecule has 1 aromatic carbocycles. The third-order valence-electron chi connectivity index (χ3n) is 1.44. The van der Waals surface area contributed by atoms with Crippen molar-refractivity contribution < 1.29 is 9.50 Å². The van der Waals surface area contributed by atoms with Crippen molar-refractivity contribution in [2.45, 2.75) is 6.54 Å². The molecule has 0 aliphatic carbocycles. The molecular weight excluding hydrogens is 145 g/mol. The topological polar surface area (TPSA) is 32.3 Å². The lowest BCUT2D eigenvalue weighted by atomic mass is 10.2. The van der Waals surface area contributed by atoms with Gasteiger partial charge in [0.25, 0.3) is 0 Å². The average molecular weight is 155 g/mol. The van der Waals surface area contributed by atoms with Gasteiger partial charge in [-0.3, -0.25) is 0 Å². The highest BCUT2D eigenvalue weighted by Crippen LogP contribution is 2.19. The number of hydrogen-bond acceptors (Lipinski definition) is 2. The fraction of sp³-hybridized carbons (Fsp3) is 0.250. The molecule has 0 spiro atoms. The lowest BCUT2D eigenvalue weighted by Gasteiger charge is -2.02. The van der Waals surface area contributed by atoms with E-state index in [9.17, 15) is 4.39 Å². The standard InChI is InChI=1S/C8H10FNO/c1-10-5-6-3-2-4-7(9)8(6)11/h2-4,10-11H,5H2,1H3. The summed E-state index contributed by atoms with van der Waals surface area (Å²) in [5.41, 5.74) is 0.576. The van der Waals surface area contributed by atoms with Crippen LogP contribution in [0.1, 0.15) is 5.56 Å². The molecule has 1 rings (SSSR count). The van der Waals surface area contributed by atoms with Crippen LogP contribution >= 0.6 is 0 Å². The first kappa shape index (κ1) is 8.01. The molecule has 0 bridgehead atoms. The molecule has 0 aliphatic heterocycles. The van der Waals surface area contributed by atoms with E-state index in [1.807, 2.05) is 0 Å². The number of hydrogen-bond donors (Lipinski definition) is 2. The van der Waals surface area contributed by atoms with Gasteiger partial charge in [0.1, 0.15) is 0 Å². The molecule has 0 saturated carbocycles. The molecule has 60 valence electrons. The highest BCUT2D eigenvalue weighted by molar-refractivity contribution is 5.33. The molecule has 0 amide bonds. The Hall–Kier alpha value is -1.09. The Morgan fingerprint density at radius 3 is 2.91 bits per heavy atom. The zero-order valence-electron chi connectivity index (χ0n) is 6.26. The lowest BCUT2D eigenvalue weighted by Crippen LogP contribution is -2.05. The molecule has 0 saturated heterocycles. The molecule has 11 heavy (non-hydrogen) atoms. The fourth-order valence-electron chi connectivity index (χ4n) is 0.893. The minimum Gasteiger partial charge on any atom is -0.505 e. The Kier molecular flexibility index (Phi) is 2.44. The van der Waals surface area contributed by atoms with Gasteiger partial charge in [-0.2, -0.15) is 0 Å². The summed E-state index contributed by atoms with van der Waals surface area (Å²) in [5.74, 6) is -0.834. The van der Waals surface area contributed by atoms with Crippen molar-refractivity contribution in [3.63, 3.8) is 0 Å². The summed E-state index contributed by atoms with van der Waals surface area (Å²) < 4.78 is 12.6. The van der Waals surface area contributed by atoms with E-state index >= 15 is 0 Å². The number of phenols is 1.